The summed E-state index contributed by atoms with van der Waals surface area (Å²) in [6.07, 6.45) is 9.36. The van der Waals surface area contributed by atoms with Crippen LogP contribution in [0.25, 0.3) is 12.2 Å². The van der Waals surface area contributed by atoms with Gasteiger partial charge in [-0.3, -0.25) is 29.1 Å². The summed E-state index contributed by atoms with van der Waals surface area (Å²) in [5.74, 6) is -2.77. The minimum Gasteiger partial charge on any atom is -0.388 e. The summed E-state index contributed by atoms with van der Waals surface area (Å²) in [4.78, 5) is 61.7. The Kier molecular flexibility index (Phi) is 16.6. The Hall–Kier alpha value is -5.98. The van der Waals surface area contributed by atoms with E-state index in [0.29, 0.717) is 11.1 Å². The molecule has 56 heavy (non-hydrogen) atoms. The summed E-state index contributed by atoms with van der Waals surface area (Å²) in [7, 11) is 0. The molecule has 4 amide bonds. The van der Waals surface area contributed by atoms with Gasteiger partial charge < -0.3 is 31.5 Å². The van der Waals surface area contributed by atoms with Crippen LogP contribution >= 0.6 is 0 Å². The number of nitrogens with zero attached hydrogens (tertiary/aromatic N) is 2. The maximum Gasteiger partial charge on any atom is 0.244 e. The lowest BCUT2D eigenvalue weighted by molar-refractivity contribution is -0.131. The molecule has 0 aliphatic rings. The molecule has 12 heteroatoms. The van der Waals surface area contributed by atoms with Gasteiger partial charge in [-0.2, -0.15) is 0 Å². The molecule has 6 N–H and O–H groups in total. The fraction of sp³-hybridized carbons (Fsp3) is 0.318. The summed E-state index contributed by atoms with van der Waals surface area (Å²) in [5, 5.41) is 35.2. The molecule has 2 aromatic carbocycles. The Labute approximate surface area is 328 Å². The molecule has 4 rings (SSSR count). The Bertz CT molecular complexity index is 1750. The van der Waals surface area contributed by atoms with Crippen molar-refractivity contribution >= 4 is 35.8 Å². The van der Waals surface area contributed by atoms with E-state index in [4.69, 9.17) is 0 Å². The van der Waals surface area contributed by atoms with E-state index in [-0.39, 0.29) is 24.7 Å². The zero-order chi connectivity index (χ0) is 40.5. The number of pyridine rings is 2. The summed E-state index contributed by atoms with van der Waals surface area (Å²) in [5.41, 5.74) is 2.98. The van der Waals surface area contributed by atoms with Gasteiger partial charge in [0.1, 0.15) is 24.3 Å². The standard InChI is InChI=1S/C44H52N6O6/c1-29(2)39(49-37(51)21-19-33-17-11-23-45-27-33)43(55)47-35(25-31-13-7-5-8-14-31)41(53)42(54)36(26-32-15-9-6-10-16-32)48-44(56)40(30(3)4)50-38(52)22-20-34-18-12-24-46-28-34/h5-24,27-30,35-36,39-42,53-54H,25-26H2,1-4H3,(H,47,55)(H,48,56)(H,49,51)(H,50,52)/b21-19+,22-20+/t35-,36-,39?,40?,41+,42+/m0/s1. The van der Waals surface area contributed by atoms with Crippen molar-refractivity contribution in [3.63, 3.8) is 0 Å². The van der Waals surface area contributed by atoms with Gasteiger partial charge in [0.05, 0.1) is 12.1 Å². The van der Waals surface area contributed by atoms with Crippen molar-refractivity contribution in [1.29, 1.82) is 0 Å². The van der Waals surface area contributed by atoms with Crippen molar-refractivity contribution in [3.05, 3.63) is 144 Å². The largest absolute Gasteiger partial charge is 0.388 e. The number of hydrogen-bond acceptors (Lipinski definition) is 8. The second-order valence-corrected chi connectivity index (χ2v) is 14.3. The van der Waals surface area contributed by atoms with Crippen LogP contribution < -0.4 is 21.3 Å². The van der Waals surface area contributed by atoms with Gasteiger partial charge >= 0.3 is 0 Å². The van der Waals surface area contributed by atoms with Crippen LogP contribution in [0, 0.1) is 11.8 Å². The van der Waals surface area contributed by atoms with E-state index < -0.39 is 60.0 Å². The number of carbonyl (C=O) groups is 4. The first-order valence-corrected chi connectivity index (χ1v) is 18.7. The van der Waals surface area contributed by atoms with Crippen LogP contribution in [-0.4, -0.2) is 80.2 Å². The molecule has 2 heterocycles. The van der Waals surface area contributed by atoms with Gasteiger partial charge in [-0.15, -0.1) is 0 Å². The number of benzene rings is 2. The third kappa shape index (κ3) is 13.7. The molecule has 0 bridgehead atoms. The molecule has 0 saturated heterocycles. The monoisotopic (exact) mass is 760 g/mol. The number of aliphatic hydroxyl groups excluding tert-OH is 2. The van der Waals surface area contributed by atoms with Crippen molar-refractivity contribution < 1.29 is 29.4 Å². The number of aliphatic hydroxyl groups is 2. The highest BCUT2D eigenvalue weighted by atomic mass is 16.3. The maximum absolute atomic E-state index is 13.9. The second kappa shape index (κ2) is 21.8. The topological polar surface area (TPSA) is 183 Å². The molecular formula is C44H52N6O6. The summed E-state index contributed by atoms with van der Waals surface area (Å²) >= 11 is 0. The van der Waals surface area contributed by atoms with E-state index in [0.717, 1.165) is 11.1 Å². The average Bonchev–Trinajstić information content (AvgIpc) is 3.20. The molecule has 0 aliphatic heterocycles. The van der Waals surface area contributed by atoms with Crippen LogP contribution in [0.1, 0.15) is 49.9 Å². The first-order valence-electron chi connectivity index (χ1n) is 18.7. The number of rotatable bonds is 19. The van der Waals surface area contributed by atoms with Crippen LogP contribution in [0.15, 0.2) is 122 Å². The predicted molar refractivity (Wildman–Crippen MR) is 216 cm³/mol. The highest BCUT2D eigenvalue weighted by Crippen LogP contribution is 2.17. The Morgan fingerprint density at radius 2 is 0.929 bits per heavy atom. The molecule has 0 radical (unpaired) electrons. The zero-order valence-corrected chi connectivity index (χ0v) is 32.2. The molecular weight excluding hydrogens is 709 g/mol. The van der Waals surface area contributed by atoms with Gasteiger partial charge in [-0.05, 0) is 71.2 Å². The van der Waals surface area contributed by atoms with Gasteiger partial charge in [0.15, 0.2) is 0 Å². The van der Waals surface area contributed by atoms with Crippen LogP contribution in [0.3, 0.4) is 0 Å². The zero-order valence-electron chi connectivity index (χ0n) is 32.2. The molecule has 0 fully saturated rings. The van der Waals surface area contributed by atoms with E-state index in [1.165, 1.54) is 12.2 Å². The minimum absolute atomic E-state index is 0.129. The SMILES string of the molecule is CC(C)C(NC(=O)/C=C/c1cccnc1)C(=O)N[C@@H](Cc1ccccc1)[C@@H](O)[C@H](O)[C@H](Cc1ccccc1)NC(=O)C(NC(=O)/C=C/c1cccnc1)C(C)C. The molecule has 0 aliphatic carbocycles. The number of hydrogen-bond donors (Lipinski definition) is 6. The Balaban J connectivity index is 1.56. The van der Waals surface area contributed by atoms with Gasteiger partial charge in [0.2, 0.25) is 23.6 Å². The Morgan fingerprint density at radius 1 is 0.554 bits per heavy atom. The summed E-state index contributed by atoms with van der Waals surface area (Å²) < 4.78 is 0. The highest BCUT2D eigenvalue weighted by molar-refractivity contribution is 5.96. The van der Waals surface area contributed by atoms with Gasteiger partial charge in [0, 0.05) is 36.9 Å². The first kappa shape index (κ1) is 42.8. The van der Waals surface area contributed by atoms with Crippen LogP contribution in [-0.2, 0) is 32.0 Å². The van der Waals surface area contributed by atoms with Crippen molar-refractivity contribution in [3.8, 4) is 0 Å². The van der Waals surface area contributed by atoms with E-state index in [2.05, 4.69) is 31.2 Å². The predicted octanol–water partition coefficient (Wildman–Crippen LogP) is 3.66. The quantitative estimate of drug-likeness (QED) is 0.0784. The number of carbonyl (C=O) groups excluding carboxylic acids is 4. The molecule has 4 aromatic rings. The lowest BCUT2D eigenvalue weighted by atomic mass is 9.90. The summed E-state index contributed by atoms with van der Waals surface area (Å²) in [6, 6.07) is 21.4. The number of aromatic nitrogens is 2. The summed E-state index contributed by atoms with van der Waals surface area (Å²) in [6.45, 7) is 7.15. The van der Waals surface area contributed by atoms with E-state index in [1.807, 2.05) is 60.7 Å². The lowest BCUT2D eigenvalue weighted by Gasteiger charge is -2.35. The van der Waals surface area contributed by atoms with Gasteiger partial charge in [-0.1, -0.05) is 100 Å². The third-order valence-electron chi connectivity index (χ3n) is 9.14. The highest BCUT2D eigenvalue weighted by Gasteiger charge is 2.37. The molecule has 294 valence electrons. The van der Waals surface area contributed by atoms with Crippen molar-refractivity contribution in [2.45, 2.75) is 76.9 Å². The maximum atomic E-state index is 13.9. The molecule has 6 atom stereocenters. The fourth-order valence-electron chi connectivity index (χ4n) is 6.04. The molecule has 12 nitrogen and oxygen atoms in total. The van der Waals surface area contributed by atoms with Crippen LogP contribution in [0.2, 0.25) is 0 Å². The van der Waals surface area contributed by atoms with Crippen LogP contribution in [0.4, 0.5) is 0 Å². The lowest BCUT2D eigenvalue weighted by Crippen LogP contribution is -2.61. The van der Waals surface area contributed by atoms with Crippen LogP contribution in [0.5, 0.6) is 0 Å². The van der Waals surface area contributed by atoms with Crippen molar-refractivity contribution in [2.75, 3.05) is 0 Å². The van der Waals surface area contributed by atoms with Gasteiger partial charge in [0.25, 0.3) is 0 Å². The van der Waals surface area contributed by atoms with E-state index >= 15 is 0 Å². The molecule has 2 unspecified atom stereocenters. The molecule has 0 saturated carbocycles. The normalized spacial score (nSPS) is 14.8. The minimum atomic E-state index is -1.59. The van der Waals surface area contributed by atoms with Gasteiger partial charge in [-0.25, -0.2) is 0 Å². The number of nitrogens with one attached hydrogen (secondary N) is 4. The Morgan fingerprint density at radius 3 is 1.25 bits per heavy atom. The van der Waals surface area contributed by atoms with Crippen molar-refractivity contribution in [2.24, 2.45) is 11.8 Å². The first-order chi connectivity index (χ1) is 26.9. The molecule has 0 spiro atoms. The fourth-order valence-corrected chi connectivity index (χ4v) is 6.04. The second-order valence-electron chi connectivity index (χ2n) is 14.3. The van der Waals surface area contributed by atoms with Crippen molar-refractivity contribution in [1.82, 2.24) is 31.2 Å². The smallest absolute Gasteiger partial charge is 0.244 e. The van der Waals surface area contributed by atoms with E-state index in [9.17, 15) is 29.4 Å². The van der Waals surface area contributed by atoms with E-state index in [1.54, 1.807) is 88.9 Å². The molecule has 2 aromatic heterocycles. The average molecular weight is 761 g/mol. The third-order valence-corrected chi connectivity index (χ3v) is 9.14. The number of amides is 4.